The van der Waals surface area contributed by atoms with E-state index >= 15 is 0 Å². The lowest BCUT2D eigenvalue weighted by molar-refractivity contribution is -0.127. The van der Waals surface area contributed by atoms with Crippen LogP contribution in [0.5, 0.6) is 0 Å². The Morgan fingerprint density at radius 1 is 1.12 bits per heavy atom. The Kier molecular flexibility index (Phi) is 7.28. The smallest absolute Gasteiger partial charge is 0.228 e. The molecule has 2 aromatic carbocycles. The topological polar surface area (TPSA) is 116 Å². The number of halogens is 2. The van der Waals surface area contributed by atoms with Crippen molar-refractivity contribution in [1.82, 2.24) is 10.3 Å². The van der Waals surface area contributed by atoms with E-state index in [2.05, 4.69) is 11.4 Å². The Balaban J connectivity index is 1.37. The van der Waals surface area contributed by atoms with Crippen molar-refractivity contribution in [3.8, 4) is 28.8 Å². The van der Waals surface area contributed by atoms with Gasteiger partial charge in [-0.2, -0.15) is 5.26 Å². The SMILES string of the molecule is N#CC1(NC(=O)C2CCCCC2c2oc(-c3ccc(F)cc3Cl)nc2-c2ccc(N3CCS(=O)(=O)CC3)cc2)CC1. The quantitative estimate of drug-likeness (QED) is 0.400. The third kappa shape index (κ3) is 5.70. The molecule has 41 heavy (non-hydrogen) atoms. The summed E-state index contributed by atoms with van der Waals surface area (Å²) >= 11 is 6.38. The molecule has 6 rings (SSSR count). The van der Waals surface area contributed by atoms with E-state index in [1.54, 1.807) is 0 Å². The van der Waals surface area contributed by atoms with Crippen LogP contribution in [0, 0.1) is 23.1 Å². The van der Waals surface area contributed by atoms with Crippen LogP contribution in [0.15, 0.2) is 46.9 Å². The van der Waals surface area contributed by atoms with Gasteiger partial charge in [0.1, 0.15) is 22.8 Å². The molecule has 0 bridgehead atoms. The largest absolute Gasteiger partial charge is 0.440 e. The number of anilines is 1. The number of hydrogen-bond acceptors (Lipinski definition) is 7. The molecular formula is C30H30ClFN4O4S. The molecule has 2 unspecified atom stereocenters. The average molecular weight is 597 g/mol. The van der Waals surface area contributed by atoms with Crippen LogP contribution in [0.25, 0.3) is 22.7 Å². The Morgan fingerprint density at radius 2 is 1.83 bits per heavy atom. The molecule has 2 atom stereocenters. The van der Waals surface area contributed by atoms with Crippen molar-refractivity contribution in [2.75, 3.05) is 29.5 Å². The lowest BCUT2D eigenvalue weighted by Crippen LogP contribution is -2.42. The van der Waals surface area contributed by atoms with E-state index in [0.717, 1.165) is 30.5 Å². The summed E-state index contributed by atoms with van der Waals surface area (Å²) in [5.41, 5.74) is 1.96. The van der Waals surface area contributed by atoms with E-state index in [4.69, 9.17) is 21.0 Å². The molecule has 8 nitrogen and oxygen atoms in total. The highest BCUT2D eigenvalue weighted by atomic mass is 35.5. The highest BCUT2D eigenvalue weighted by Crippen LogP contribution is 2.45. The minimum Gasteiger partial charge on any atom is -0.440 e. The normalized spacial score (nSPS) is 23.0. The number of aromatic nitrogens is 1. The first-order valence-corrected chi connectivity index (χ1v) is 16.1. The van der Waals surface area contributed by atoms with Gasteiger partial charge < -0.3 is 14.6 Å². The fourth-order valence-corrected chi connectivity index (χ4v) is 7.30. The number of rotatable bonds is 6. The summed E-state index contributed by atoms with van der Waals surface area (Å²) in [7, 11) is -2.99. The van der Waals surface area contributed by atoms with Crippen molar-refractivity contribution in [2.24, 2.45) is 5.92 Å². The molecule has 11 heteroatoms. The highest BCUT2D eigenvalue weighted by molar-refractivity contribution is 7.91. The number of carbonyl (C=O) groups is 1. The van der Waals surface area contributed by atoms with Crippen molar-refractivity contribution >= 4 is 33.0 Å². The van der Waals surface area contributed by atoms with Gasteiger partial charge in [0.05, 0.1) is 28.2 Å². The second kappa shape index (κ2) is 10.8. The lowest BCUT2D eigenvalue weighted by atomic mass is 9.76. The van der Waals surface area contributed by atoms with Gasteiger partial charge in [-0.3, -0.25) is 4.79 Å². The van der Waals surface area contributed by atoms with Gasteiger partial charge in [0.15, 0.2) is 9.84 Å². The Hall–Kier alpha value is -3.42. The van der Waals surface area contributed by atoms with Gasteiger partial charge in [-0.15, -0.1) is 0 Å². The van der Waals surface area contributed by atoms with Crippen LogP contribution in [0.4, 0.5) is 10.1 Å². The van der Waals surface area contributed by atoms with Crippen molar-refractivity contribution in [2.45, 2.75) is 50.0 Å². The van der Waals surface area contributed by atoms with Gasteiger partial charge in [-0.05, 0) is 56.0 Å². The maximum absolute atomic E-state index is 13.8. The van der Waals surface area contributed by atoms with Crippen molar-refractivity contribution in [3.63, 3.8) is 0 Å². The van der Waals surface area contributed by atoms with Gasteiger partial charge in [-0.1, -0.05) is 36.6 Å². The van der Waals surface area contributed by atoms with E-state index in [1.165, 1.54) is 18.2 Å². The first kappa shape index (κ1) is 27.7. The van der Waals surface area contributed by atoms with E-state index in [0.29, 0.717) is 49.4 Å². The van der Waals surface area contributed by atoms with Crippen LogP contribution in [-0.2, 0) is 14.6 Å². The number of nitrogens with zero attached hydrogens (tertiary/aromatic N) is 3. The molecule has 214 valence electrons. The summed E-state index contributed by atoms with van der Waals surface area (Å²) in [5, 5.41) is 12.7. The van der Waals surface area contributed by atoms with Crippen LogP contribution >= 0.6 is 11.6 Å². The number of benzene rings is 2. The Bertz CT molecular complexity index is 1610. The molecule has 2 saturated carbocycles. The summed E-state index contributed by atoms with van der Waals surface area (Å²) in [4.78, 5) is 20.3. The zero-order valence-electron chi connectivity index (χ0n) is 22.4. The van der Waals surface area contributed by atoms with Crippen LogP contribution in [-0.4, -0.2) is 49.4 Å². The summed E-state index contributed by atoms with van der Waals surface area (Å²) in [5.74, 6) is -0.197. The zero-order chi connectivity index (χ0) is 28.8. The molecule has 0 spiro atoms. The summed E-state index contributed by atoms with van der Waals surface area (Å²) in [6, 6.07) is 14.0. The predicted molar refractivity (Wildman–Crippen MR) is 154 cm³/mol. The molecule has 3 fully saturated rings. The third-order valence-corrected chi connectivity index (χ3v) is 10.4. The maximum atomic E-state index is 13.8. The van der Waals surface area contributed by atoms with Crippen molar-refractivity contribution in [1.29, 1.82) is 5.26 Å². The van der Waals surface area contributed by atoms with Gasteiger partial charge >= 0.3 is 0 Å². The first-order valence-electron chi connectivity index (χ1n) is 13.9. The number of amides is 1. The van der Waals surface area contributed by atoms with Crippen molar-refractivity contribution in [3.05, 3.63) is 59.1 Å². The molecule has 3 aromatic rings. The number of oxazole rings is 1. The first-order chi connectivity index (χ1) is 19.7. The highest BCUT2D eigenvalue weighted by Gasteiger charge is 2.47. The van der Waals surface area contributed by atoms with E-state index < -0.39 is 21.2 Å². The monoisotopic (exact) mass is 596 g/mol. The van der Waals surface area contributed by atoms with Crippen molar-refractivity contribution < 1.29 is 22.0 Å². The molecule has 1 N–H and O–H groups in total. The molecule has 1 saturated heterocycles. The molecule has 2 heterocycles. The fourth-order valence-electron chi connectivity index (χ4n) is 5.85. The van der Waals surface area contributed by atoms with Gasteiger partial charge in [0.2, 0.25) is 11.8 Å². The standard InChI is InChI=1S/C30H30ClFN4O4S/c31-25-17-20(32)7-10-24(25)29-34-26(19-5-8-21(9-6-19)36-13-15-41(38,39)16-14-36)27(40-29)22-3-1-2-4-23(22)28(37)35-30(18-33)11-12-30/h5-10,17,22-23H,1-4,11-16H2,(H,35,37). The Morgan fingerprint density at radius 3 is 2.49 bits per heavy atom. The number of hydrogen-bond donors (Lipinski definition) is 1. The second-order valence-corrected chi connectivity index (χ2v) is 13.9. The fraction of sp³-hybridized carbons (Fsp3) is 0.433. The summed E-state index contributed by atoms with van der Waals surface area (Å²) in [6.45, 7) is 0.875. The van der Waals surface area contributed by atoms with Crippen LogP contribution in [0.2, 0.25) is 5.02 Å². The molecule has 1 amide bonds. The number of nitrogens with one attached hydrogen (secondary N) is 1. The number of carbonyl (C=O) groups excluding carboxylic acids is 1. The van der Waals surface area contributed by atoms with E-state index in [-0.39, 0.29) is 40.2 Å². The van der Waals surface area contributed by atoms with Crippen LogP contribution < -0.4 is 10.2 Å². The number of sulfone groups is 1. The molecule has 2 aliphatic carbocycles. The summed E-state index contributed by atoms with van der Waals surface area (Å²) < 4.78 is 43.9. The summed E-state index contributed by atoms with van der Waals surface area (Å²) in [6.07, 6.45) is 4.51. The maximum Gasteiger partial charge on any atom is 0.228 e. The van der Waals surface area contributed by atoms with Gasteiger partial charge in [0.25, 0.3) is 0 Å². The van der Waals surface area contributed by atoms with Crippen LogP contribution in [0.1, 0.15) is 50.2 Å². The average Bonchev–Trinajstić information content (AvgIpc) is 3.60. The Labute approximate surface area is 243 Å². The zero-order valence-corrected chi connectivity index (χ0v) is 24.0. The van der Waals surface area contributed by atoms with E-state index in [1.807, 2.05) is 29.2 Å². The molecule has 1 aromatic heterocycles. The minimum atomic E-state index is -2.99. The number of nitriles is 1. The van der Waals surface area contributed by atoms with Gasteiger partial charge in [-0.25, -0.2) is 17.8 Å². The van der Waals surface area contributed by atoms with Crippen LogP contribution in [0.3, 0.4) is 0 Å². The molecule has 3 aliphatic rings. The lowest BCUT2D eigenvalue weighted by Gasteiger charge is -2.30. The van der Waals surface area contributed by atoms with Gasteiger partial charge in [0, 0.05) is 36.2 Å². The van der Waals surface area contributed by atoms with E-state index in [9.17, 15) is 22.9 Å². The second-order valence-electron chi connectivity index (χ2n) is 11.2. The third-order valence-electron chi connectivity index (χ3n) is 8.43. The molecular weight excluding hydrogens is 567 g/mol. The molecule has 0 radical (unpaired) electrons. The molecule has 1 aliphatic heterocycles. The minimum absolute atomic E-state index is 0.127. The predicted octanol–water partition coefficient (Wildman–Crippen LogP) is 5.48.